The van der Waals surface area contributed by atoms with Gasteiger partial charge in [-0.3, -0.25) is 9.69 Å². The van der Waals surface area contributed by atoms with E-state index in [1.807, 2.05) is 60.7 Å². The summed E-state index contributed by atoms with van der Waals surface area (Å²) in [5, 5.41) is 0. The van der Waals surface area contributed by atoms with Crippen LogP contribution in [-0.4, -0.2) is 36.1 Å². The number of nitrogens with zero attached hydrogens (tertiary/aromatic N) is 1. The average molecular weight is 382 g/mol. The van der Waals surface area contributed by atoms with Gasteiger partial charge >= 0.3 is 6.09 Å². The molecule has 6 nitrogen and oxygen atoms in total. The highest BCUT2D eigenvalue weighted by molar-refractivity contribution is 5.80. The van der Waals surface area contributed by atoms with E-state index in [2.05, 4.69) is 6.58 Å². The van der Waals surface area contributed by atoms with E-state index in [1.165, 1.54) is 4.90 Å². The number of rotatable bonds is 11. The molecule has 0 heterocycles. The van der Waals surface area contributed by atoms with Crippen LogP contribution in [0.25, 0.3) is 0 Å². The Morgan fingerprint density at radius 1 is 1.00 bits per heavy atom. The third kappa shape index (κ3) is 7.63. The maximum atomic E-state index is 12.5. The molecule has 0 aliphatic carbocycles. The molecule has 2 aromatic carbocycles. The van der Waals surface area contributed by atoms with Gasteiger partial charge in [-0.05, 0) is 17.5 Å². The Morgan fingerprint density at radius 3 is 2.11 bits per heavy atom. The Hall–Kier alpha value is -3.12. The lowest BCUT2D eigenvalue weighted by molar-refractivity contribution is -0.119. The fraction of sp³-hybridized carbons (Fsp3) is 0.273. The van der Waals surface area contributed by atoms with Crippen molar-refractivity contribution in [2.75, 3.05) is 13.1 Å². The smallest absolute Gasteiger partial charge is 0.410 e. The molecule has 0 bridgehead atoms. The lowest BCUT2D eigenvalue weighted by Gasteiger charge is -2.26. The molecular formula is C22H26N2O4. The van der Waals surface area contributed by atoms with E-state index in [9.17, 15) is 9.59 Å². The largest absolute Gasteiger partial charge is 0.445 e. The van der Waals surface area contributed by atoms with Crippen LogP contribution >= 0.6 is 0 Å². The quantitative estimate of drug-likeness (QED) is 0.605. The van der Waals surface area contributed by atoms with Crippen molar-refractivity contribution >= 4 is 12.0 Å². The zero-order valence-electron chi connectivity index (χ0n) is 15.8. The first-order valence-electron chi connectivity index (χ1n) is 9.09. The number of nitrogens with two attached hydrogens (primary N) is 1. The molecule has 0 radical (unpaired) electrons. The van der Waals surface area contributed by atoms with Crippen molar-refractivity contribution in [3.8, 4) is 0 Å². The topological polar surface area (TPSA) is 81.9 Å². The Kier molecular flexibility index (Phi) is 8.75. The van der Waals surface area contributed by atoms with E-state index >= 15 is 0 Å². The molecule has 0 saturated carbocycles. The summed E-state index contributed by atoms with van der Waals surface area (Å²) < 4.78 is 11.3. The first-order valence-corrected chi connectivity index (χ1v) is 9.09. The summed E-state index contributed by atoms with van der Waals surface area (Å²) >= 11 is 0. The van der Waals surface area contributed by atoms with Crippen molar-refractivity contribution in [1.82, 2.24) is 4.90 Å². The molecule has 0 aliphatic rings. The average Bonchev–Trinajstić information content (AvgIpc) is 2.71. The number of carbonyl (C=O) groups is 2. The van der Waals surface area contributed by atoms with E-state index in [0.29, 0.717) is 13.0 Å². The van der Waals surface area contributed by atoms with Gasteiger partial charge in [0.2, 0.25) is 5.91 Å². The van der Waals surface area contributed by atoms with Crippen molar-refractivity contribution in [3.05, 3.63) is 84.4 Å². The molecular weight excluding hydrogens is 356 g/mol. The van der Waals surface area contributed by atoms with Gasteiger partial charge in [-0.25, -0.2) is 4.79 Å². The van der Waals surface area contributed by atoms with Gasteiger partial charge < -0.3 is 15.2 Å². The second-order valence-corrected chi connectivity index (χ2v) is 6.33. The molecule has 148 valence electrons. The zero-order valence-corrected chi connectivity index (χ0v) is 15.8. The predicted octanol–water partition coefficient (Wildman–Crippen LogP) is 3.27. The SMILES string of the molecule is C=CC[C@@H](CN(CC(N)=O)C(=O)OCc1ccccc1)OCc1ccccc1. The lowest BCUT2D eigenvalue weighted by atomic mass is 10.2. The molecule has 0 aromatic heterocycles. The van der Waals surface area contributed by atoms with Crippen molar-refractivity contribution in [1.29, 1.82) is 0 Å². The standard InChI is InChI=1S/C22H26N2O4/c1-2-9-20(27-16-18-10-5-3-6-11-18)14-24(15-21(23)25)22(26)28-17-19-12-7-4-8-13-19/h2-8,10-13,20H,1,9,14-17H2,(H2,23,25)/t20-/m0/s1. The Bertz CT molecular complexity index is 750. The monoisotopic (exact) mass is 382 g/mol. The molecule has 0 aliphatic heterocycles. The van der Waals surface area contributed by atoms with Crippen molar-refractivity contribution in [3.63, 3.8) is 0 Å². The van der Waals surface area contributed by atoms with Crippen molar-refractivity contribution in [2.24, 2.45) is 5.73 Å². The van der Waals surface area contributed by atoms with Gasteiger partial charge in [0.1, 0.15) is 13.2 Å². The molecule has 0 spiro atoms. The number of primary amides is 1. The maximum absolute atomic E-state index is 12.5. The summed E-state index contributed by atoms with van der Waals surface area (Å²) in [5.74, 6) is -0.614. The molecule has 2 amide bonds. The molecule has 28 heavy (non-hydrogen) atoms. The highest BCUT2D eigenvalue weighted by atomic mass is 16.6. The van der Waals surface area contributed by atoms with Crippen molar-refractivity contribution in [2.45, 2.75) is 25.7 Å². The molecule has 2 rings (SSSR count). The number of benzene rings is 2. The molecule has 2 aromatic rings. The van der Waals surface area contributed by atoms with Gasteiger partial charge in [0.25, 0.3) is 0 Å². The second kappa shape index (κ2) is 11.6. The number of amides is 2. The van der Waals surface area contributed by atoms with E-state index in [1.54, 1.807) is 6.08 Å². The normalized spacial score (nSPS) is 11.4. The van der Waals surface area contributed by atoms with Crippen LogP contribution in [0.5, 0.6) is 0 Å². The predicted molar refractivity (Wildman–Crippen MR) is 107 cm³/mol. The molecule has 2 N–H and O–H groups in total. The van der Waals surface area contributed by atoms with E-state index in [0.717, 1.165) is 11.1 Å². The van der Waals surface area contributed by atoms with E-state index in [-0.39, 0.29) is 25.8 Å². The highest BCUT2D eigenvalue weighted by Crippen LogP contribution is 2.10. The highest BCUT2D eigenvalue weighted by Gasteiger charge is 2.22. The summed E-state index contributed by atoms with van der Waals surface area (Å²) in [6.45, 7) is 4.18. The minimum Gasteiger partial charge on any atom is -0.445 e. The Balaban J connectivity index is 1.96. The minimum absolute atomic E-state index is 0.117. The van der Waals surface area contributed by atoms with Crippen LogP contribution in [0.15, 0.2) is 73.3 Å². The lowest BCUT2D eigenvalue weighted by Crippen LogP contribution is -2.43. The Morgan fingerprint density at radius 2 is 1.57 bits per heavy atom. The molecule has 6 heteroatoms. The van der Waals surface area contributed by atoms with Crippen LogP contribution in [0.4, 0.5) is 4.79 Å². The number of ether oxygens (including phenoxy) is 2. The Labute approximate surface area is 165 Å². The summed E-state index contributed by atoms with van der Waals surface area (Å²) in [6.07, 6.45) is 1.29. The van der Waals surface area contributed by atoms with Gasteiger partial charge in [-0.2, -0.15) is 0 Å². The van der Waals surface area contributed by atoms with Crippen LogP contribution in [0, 0.1) is 0 Å². The van der Waals surface area contributed by atoms with Crippen LogP contribution in [-0.2, 0) is 27.5 Å². The van der Waals surface area contributed by atoms with E-state index < -0.39 is 12.0 Å². The first kappa shape index (κ1) is 21.2. The fourth-order valence-electron chi connectivity index (χ4n) is 2.62. The molecule has 0 fully saturated rings. The third-order valence-electron chi connectivity index (χ3n) is 3.99. The molecule has 0 saturated heterocycles. The summed E-state index contributed by atoms with van der Waals surface area (Å²) in [7, 11) is 0. The summed E-state index contributed by atoms with van der Waals surface area (Å²) in [6, 6.07) is 19.0. The maximum Gasteiger partial charge on any atom is 0.410 e. The van der Waals surface area contributed by atoms with E-state index in [4.69, 9.17) is 15.2 Å². The number of carbonyl (C=O) groups excluding carboxylic acids is 2. The second-order valence-electron chi connectivity index (χ2n) is 6.33. The fourth-order valence-corrected chi connectivity index (χ4v) is 2.62. The zero-order chi connectivity index (χ0) is 20.2. The van der Waals surface area contributed by atoms with Crippen LogP contribution in [0.1, 0.15) is 17.5 Å². The van der Waals surface area contributed by atoms with Crippen molar-refractivity contribution < 1.29 is 19.1 Å². The number of hydrogen-bond donors (Lipinski definition) is 1. The van der Waals surface area contributed by atoms with Crippen LogP contribution < -0.4 is 5.73 Å². The third-order valence-corrected chi connectivity index (χ3v) is 3.99. The minimum atomic E-state index is -0.614. The van der Waals surface area contributed by atoms with Gasteiger partial charge in [-0.15, -0.1) is 6.58 Å². The van der Waals surface area contributed by atoms with Gasteiger partial charge in [-0.1, -0.05) is 66.7 Å². The summed E-state index contributed by atoms with van der Waals surface area (Å²) in [5.41, 5.74) is 7.18. The van der Waals surface area contributed by atoms with Gasteiger partial charge in [0.05, 0.1) is 19.3 Å². The number of hydrogen-bond acceptors (Lipinski definition) is 4. The van der Waals surface area contributed by atoms with Crippen LogP contribution in [0.2, 0.25) is 0 Å². The summed E-state index contributed by atoms with van der Waals surface area (Å²) in [4.78, 5) is 25.2. The van der Waals surface area contributed by atoms with Gasteiger partial charge in [0, 0.05) is 0 Å². The first-order chi connectivity index (χ1) is 13.6. The van der Waals surface area contributed by atoms with Crippen LogP contribution in [0.3, 0.4) is 0 Å². The van der Waals surface area contributed by atoms with Gasteiger partial charge in [0.15, 0.2) is 0 Å². The molecule has 1 atom stereocenters. The molecule has 0 unspecified atom stereocenters.